The predicted molar refractivity (Wildman–Crippen MR) is 40.6 cm³/mol. The predicted octanol–water partition coefficient (Wildman–Crippen LogP) is 2.87. The van der Waals surface area contributed by atoms with Gasteiger partial charge in [0.2, 0.25) is 0 Å². The third-order valence-electron chi connectivity index (χ3n) is 1.51. The van der Waals surface area contributed by atoms with Crippen LogP contribution in [0.2, 0.25) is 0 Å². The van der Waals surface area contributed by atoms with Crippen molar-refractivity contribution < 1.29 is 31.1 Å². The van der Waals surface area contributed by atoms with E-state index in [1.54, 1.807) is 0 Å². The molecule has 1 rings (SSSR count). The van der Waals surface area contributed by atoms with Crippen LogP contribution in [0.15, 0.2) is 12.3 Å². The highest BCUT2D eigenvalue weighted by Gasteiger charge is 2.39. The Kier molecular flexibility index (Phi) is 3.17. The smallest absolute Gasteiger partial charge is 0.403 e. The van der Waals surface area contributed by atoms with Crippen molar-refractivity contribution in [1.29, 1.82) is 5.26 Å². The summed E-state index contributed by atoms with van der Waals surface area (Å²) < 4.78 is 75.7. The Morgan fingerprint density at radius 2 is 1.76 bits per heavy atom. The molecular formula is C8H2F6N2O. The van der Waals surface area contributed by atoms with Crippen molar-refractivity contribution in [2.24, 2.45) is 0 Å². The molecule has 0 amide bonds. The van der Waals surface area contributed by atoms with Crippen molar-refractivity contribution in [1.82, 2.24) is 4.98 Å². The van der Waals surface area contributed by atoms with Gasteiger partial charge in [0.1, 0.15) is 17.3 Å². The molecular weight excluding hydrogens is 254 g/mol. The monoisotopic (exact) mass is 256 g/mol. The van der Waals surface area contributed by atoms with Gasteiger partial charge in [-0.05, 0) is 6.07 Å². The first-order chi connectivity index (χ1) is 7.63. The molecule has 0 aromatic carbocycles. The van der Waals surface area contributed by atoms with Gasteiger partial charge >= 0.3 is 12.5 Å². The Morgan fingerprint density at radius 1 is 1.18 bits per heavy atom. The minimum atomic E-state index is -5.27. The third kappa shape index (κ3) is 3.51. The molecule has 1 aromatic rings. The molecule has 0 aliphatic rings. The molecule has 1 aromatic heterocycles. The first-order valence-electron chi connectivity index (χ1n) is 3.86. The number of aromatic nitrogens is 1. The second kappa shape index (κ2) is 4.12. The van der Waals surface area contributed by atoms with Gasteiger partial charge < -0.3 is 4.74 Å². The average Bonchev–Trinajstić information content (AvgIpc) is 2.14. The van der Waals surface area contributed by atoms with E-state index in [-0.39, 0.29) is 12.3 Å². The molecule has 0 fully saturated rings. The Balaban J connectivity index is 3.27. The number of pyridine rings is 1. The maximum Gasteiger partial charge on any atom is 0.573 e. The van der Waals surface area contributed by atoms with Gasteiger partial charge in [-0.15, -0.1) is 13.2 Å². The number of halogens is 6. The topological polar surface area (TPSA) is 45.9 Å². The van der Waals surface area contributed by atoms with E-state index >= 15 is 0 Å². The zero-order valence-electron chi connectivity index (χ0n) is 7.73. The van der Waals surface area contributed by atoms with Crippen LogP contribution in [-0.2, 0) is 6.18 Å². The molecule has 3 nitrogen and oxygen atoms in total. The minimum Gasteiger partial charge on any atom is -0.403 e. The van der Waals surface area contributed by atoms with Crippen LogP contribution in [-0.4, -0.2) is 11.3 Å². The van der Waals surface area contributed by atoms with Crippen molar-refractivity contribution in [3.05, 3.63) is 23.5 Å². The Hall–Kier alpha value is -1.98. The highest BCUT2D eigenvalue weighted by atomic mass is 19.4. The van der Waals surface area contributed by atoms with E-state index in [0.29, 0.717) is 0 Å². The van der Waals surface area contributed by atoms with E-state index in [1.165, 1.54) is 6.07 Å². The molecule has 0 bridgehead atoms. The lowest BCUT2D eigenvalue weighted by atomic mass is 10.2. The fourth-order valence-corrected chi connectivity index (χ4v) is 0.932. The van der Waals surface area contributed by atoms with Gasteiger partial charge in [0.05, 0.1) is 6.20 Å². The fourth-order valence-electron chi connectivity index (χ4n) is 0.932. The number of hydrogen-bond donors (Lipinski definition) is 0. The van der Waals surface area contributed by atoms with E-state index in [0.717, 1.165) is 0 Å². The average molecular weight is 256 g/mol. The third-order valence-corrected chi connectivity index (χ3v) is 1.51. The molecule has 0 unspecified atom stereocenters. The number of rotatable bonds is 1. The van der Waals surface area contributed by atoms with E-state index in [1.807, 2.05) is 0 Å². The van der Waals surface area contributed by atoms with Gasteiger partial charge in [0.15, 0.2) is 5.75 Å². The zero-order chi connectivity index (χ0) is 13.3. The molecule has 17 heavy (non-hydrogen) atoms. The maximum absolute atomic E-state index is 12.4. The number of nitriles is 1. The van der Waals surface area contributed by atoms with Crippen LogP contribution in [0.1, 0.15) is 11.3 Å². The zero-order valence-corrected chi connectivity index (χ0v) is 7.73. The number of alkyl halides is 6. The summed E-state index contributed by atoms with van der Waals surface area (Å²) in [4.78, 5) is 3.07. The van der Waals surface area contributed by atoms with E-state index in [9.17, 15) is 26.3 Å². The van der Waals surface area contributed by atoms with Gasteiger partial charge in [-0.2, -0.15) is 18.4 Å². The molecule has 0 aliphatic heterocycles. The van der Waals surface area contributed by atoms with Gasteiger partial charge in [0.25, 0.3) is 0 Å². The molecule has 0 N–H and O–H groups in total. The Bertz CT molecular complexity index is 459. The molecule has 92 valence electrons. The molecule has 0 atom stereocenters. The standard InChI is InChI=1S/C8H2F6N2O/c9-7(10,11)5-1-4(2-15)16-3-6(5)17-8(12,13)14/h1,3H. The first-order valence-corrected chi connectivity index (χ1v) is 3.86. The highest BCUT2D eigenvalue weighted by molar-refractivity contribution is 5.38. The molecule has 0 spiro atoms. The molecule has 0 aliphatic carbocycles. The maximum atomic E-state index is 12.4. The van der Waals surface area contributed by atoms with Crippen LogP contribution in [0.5, 0.6) is 5.75 Å². The second-order valence-corrected chi connectivity index (χ2v) is 2.72. The summed E-state index contributed by atoms with van der Waals surface area (Å²) in [6, 6.07) is 1.46. The molecule has 0 saturated carbocycles. The summed E-state index contributed by atoms with van der Waals surface area (Å²) in [6.45, 7) is 0. The largest absolute Gasteiger partial charge is 0.573 e. The molecule has 1 heterocycles. The fraction of sp³-hybridized carbons (Fsp3) is 0.250. The molecule has 0 saturated heterocycles. The lowest BCUT2D eigenvalue weighted by Crippen LogP contribution is -2.20. The van der Waals surface area contributed by atoms with Crippen LogP contribution < -0.4 is 4.74 Å². The molecule has 9 heteroatoms. The van der Waals surface area contributed by atoms with Crippen molar-refractivity contribution in [2.45, 2.75) is 12.5 Å². The lowest BCUT2D eigenvalue weighted by Gasteiger charge is -2.14. The van der Waals surface area contributed by atoms with Crippen LogP contribution in [0.4, 0.5) is 26.3 Å². The SMILES string of the molecule is N#Cc1cc(C(F)(F)F)c(OC(F)(F)F)cn1. The lowest BCUT2D eigenvalue weighted by molar-refractivity contribution is -0.276. The van der Waals surface area contributed by atoms with E-state index in [2.05, 4.69) is 9.72 Å². The van der Waals surface area contributed by atoms with E-state index < -0.39 is 29.5 Å². The Labute approximate surface area is 90.2 Å². The number of nitrogens with zero attached hydrogens (tertiary/aromatic N) is 2. The van der Waals surface area contributed by atoms with Crippen molar-refractivity contribution in [3.8, 4) is 11.8 Å². The normalized spacial score (nSPS) is 12.1. The van der Waals surface area contributed by atoms with Crippen LogP contribution in [0, 0.1) is 11.3 Å². The summed E-state index contributed by atoms with van der Waals surface area (Å²) in [5.74, 6) is -1.50. The number of hydrogen-bond acceptors (Lipinski definition) is 3. The van der Waals surface area contributed by atoms with Crippen molar-refractivity contribution >= 4 is 0 Å². The Morgan fingerprint density at radius 3 is 2.18 bits per heavy atom. The summed E-state index contributed by atoms with van der Waals surface area (Å²) in [5, 5.41) is 8.31. The van der Waals surface area contributed by atoms with Gasteiger partial charge in [0, 0.05) is 0 Å². The summed E-state index contributed by atoms with van der Waals surface area (Å²) in [5.41, 5.74) is -2.37. The van der Waals surface area contributed by atoms with Crippen molar-refractivity contribution in [2.75, 3.05) is 0 Å². The summed E-state index contributed by atoms with van der Waals surface area (Å²) in [6.07, 6.45) is -10.1. The quantitative estimate of drug-likeness (QED) is 0.726. The van der Waals surface area contributed by atoms with E-state index in [4.69, 9.17) is 5.26 Å². The van der Waals surface area contributed by atoms with Crippen LogP contribution >= 0.6 is 0 Å². The highest BCUT2D eigenvalue weighted by Crippen LogP contribution is 2.38. The van der Waals surface area contributed by atoms with Gasteiger partial charge in [-0.1, -0.05) is 0 Å². The second-order valence-electron chi connectivity index (χ2n) is 2.72. The van der Waals surface area contributed by atoms with Crippen LogP contribution in [0.3, 0.4) is 0 Å². The summed E-state index contributed by atoms with van der Waals surface area (Å²) >= 11 is 0. The van der Waals surface area contributed by atoms with Gasteiger partial charge in [-0.25, -0.2) is 4.98 Å². The first kappa shape index (κ1) is 13.1. The van der Waals surface area contributed by atoms with Gasteiger partial charge in [-0.3, -0.25) is 0 Å². The molecule has 0 radical (unpaired) electrons. The van der Waals surface area contributed by atoms with Crippen molar-refractivity contribution in [3.63, 3.8) is 0 Å². The number of ether oxygens (including phenoxy) is 1. The van der Waals surface area contributed by atoms with Crippen LogP contribution in [0.25, 0.3) is 0 Å². The minimum absolute atomic E-state index is 0.182. The summed E-state index contributed by atoms with van der Waals surface area (Å²) in [7, 11) is 0.